The van der Waals surface area contributed by atoms with Crippen LogP contribution in [0.25, 0.3) is 22.2 Å². The van der Waals surface area contributed by atoms with Gasteiger partial charge in [-0.05, 0) is 52.0 Å². The first-order valence-electron chi connectivity index (χ1n) is 12.8. The van der Waals surface area contributed by atoms with Crippen LogP contribution in [0.15, 0.2) is 36.7 Å². The van der Waals surface area contributed by atoms with Crippen LogP contribution in [0.4, 0.5) is 10.7 Å². The van der Waals surface area contributed by atoms with Crippen LogP contribution in [0, 0.1) is 5.92 Å². The number of benzene rings is 1. The van der Waals surface area contributed by atoms with Crippen molar-refractivity contribution in [1.29, 1.82) is 0 Å². The zero-order chi connectivity index (χ0) is 25.3. The zero-order valence-electron chi connectivity index (χ0n) is 21.3. The Morgan fingerprint density at radius 3 is 2.89 bits per heavy atom. The summed E-state index contributed by atoms with van der Waals surface area (Å²) in [5, 5.41) is 5.14. The molecule has 2 fully saturated rings. The van der Waals surface area contributed by atoms with E-state index in [9.17, 15) is 4.79 Å². The first kappa shape index (κ1) is 24.8. The van der Waals surface area contributed by atoms with E-state index in [-0.39, 0.29) is 12.1 Å². The molecule has 1 amide bonds. The van der Waals surface area contributed by atoms with Gasteiger partial charge < -0.3 is 24.8 Å². The SMILES string of the molecule is CC(C)(C)OC(=O)N1CCCC(CN2CC[C@@H](Nc3ncc(Cl)c(-c4c[nH]c5ccccc45)n3)C2)C1. The Bertz CT molecular complexity index is 1220. The quantitative estimate of drug-likeness (QED) is 0.477. The largest absolute Gasteiger partial charge is 0.444 e. The second-order valence-electron chi connectivity index (χ2n) is 11.0. The first-order valence-corrected chi connectivity index (χ1v) is 13.2. The van der Waals surface area contributed by atoms with E-state index in [2.05, 4.69) is 26.3 Å². The van der Waals surface area contributed by atoms with Crippen molar-refractivity contribution in [2.24, 2.45) is 5.92 Å². The highest BCUT2D eigenvalue weighted by molar-refractivity contribution is 6.33. The molecule has 1 aromatic carbocycles. The van der Waals surface area contributed by atoms with Crippen LogP contribution in [0.3, 0.4) is 0 Å². The Morgan fingerprint density at radius 1 is 1.22 bits per heavy atom. The minimum Gasteiger partial charge on any atom is -0.444 e. The van der Waals surface area contributed by atoms with Gasteiger partial charge in [-0.2, -0.15) is 0 Å². The summed E-state index contributed by atoms with van der Waals surface area (Å²) < 4.78 is 5.59. The van der Waals surface area contributed by atoms with Crippen molar-refractivity contribution in [2.75, 3.05) is 38.0 Å². The lowest BCUT2D eigenvalue weighted by atomic mass is 9.98. The molecular formula is C27H35ClN6O2. The van der Waals surface area contributed by atoms with Gasteiger partial charge in [0.15, 0.2) is 0 Å². The molecule has 4 heterocycles. The van der Waals surface area contributed by atoms with E-state index < -0.39 is 5.60 Å². The number of carbonyl (C=O) groups is 1. The zero-order valence-corrected chi connectivity index (χ0v) is 22.0. The lowest BCUT2D eigenvalue weighted by Gasteiger charge is -2.35. The summed E-state index contributed by atoms with van der Waals surface area (Å²) >= 11 is 6.49. The number of hydrogen-bond acceptors (Lipinski definition) is 6. The van der Waals surface area contributed by atoms with Gasteiger partial charge in [-0.1, -0.05) is 29.8 Å². The van der Waals surface area contributed by atoms with Gasteiger partial charge in [0, 0.05) is 61.4 Å². The number of piperidine rings is 1. The van der Waals surface area contributed by atoms with Gasteiger partial charge in [0.1, 0.15) is 5.60 Å². The molecule has 8 nitrogen and oxygen atoms in total. The molecule has 192 valence electrons. The van der Waals surface area contributed by atoms with Gasteiger partial charge in [0.05, 0.1) is 16.9 Å². The second kappa shape index (κ2) is 10.3. The minimum atomic E-state index is -0.463. The van der Waals surface area contributed by atoms with Crippen LogP contribution in [-0.4, -0.2) is 75.2 Å². The number of nitrogens with zero attached hydrogens (tertiary/aromatic N) is 4. The number of carbonyl (C=O) groups excluding carboxylic acids is 1. The van der Waals surface area contributed by atoms with Crippen molar-refractivity contribution in [2.45, 2.75) is 51.7 Å². The van der Waals surface area contributed by atoms with Crippen molar-refractivity contribution in [3.8, 4) is 11.3 Å². The Balaban J connectivity index is 1.18. The fraction of sp³-hybridized carbons (Fsp3) is 0.519. The van der Waals surface area contributed by atoms with Gasteiger partial charge in [-0.15, -0.1) is 0 Å². The van der Waals surface area contributed by atoms with Crippen LogP contribution >= 0.6 is 11.6 Å². The number of fused-ring (bicyclic) bond motifs is 1. The number of anilines is 1. The number of ether oxygens (including phenoxy) is 1. The average Bonchev–Trinajstić information content (AvgIpc) is 3.46. The Morgan fingerprint density at radius 2 is 2.06 bits per heavy atom. The number of halogens is 1. The third-order valence-electron chi connectivity index (χ3n) is 6.88. The number of para-hydroxylation sites is 1. The van der Waals surface area contributed by atoms with E-state index in [1.54, 1.807) is 6.20 Å². The molecule has 2 atom stereocenters. The van der Waals surface area contributed by atoms with E-state index in [0.717, 1.165) is 74.1 Å². The summed E-state index contributed by atoms with van der Waals surface area (Å²) in [4.78, 5) is 29.4. The molecule has 2 saturated heterocycles. The monoisotopic (exact) mass is 510 g/mol. The van der Waals surface area contributed by atoms with E-state index in [0.29, 0.717) is 16.9 Å². The molecular weight excluding hydrogens is 476 g/mol. The Labute approximate surface area is 217 Å². The van der Waals surface area contributed by atoms with E-state index >= 15 is 0 Å². The Kier molecular flexibility index (Phi) is 7.08. The van der Waals surface area contributed by atoms with Gasteiger partial charge >= 0.3 is 6.09 Å². The molecule has 2 aromatic heterocycles. The highest BCUT2D eigenvalue weighted by Crippen LogP contribution is 2.32. The molecule has 2 N–H and O–H groups in total. The molecule has 36 heavy (non-hydrogen) atoms. The molecule has 5 rings (SSSR count). The number of aromatic nitrogens is 3. The molecule has 2 aliphatic heterocycles. The number of H-pyrrole nitrogens is 1. The van der Waals surface area contributed by atoms with Crippen LogP contribution in [-0.2, 0) is 4.74 Å². The molecule has 2 aliphatic rings. The second-order valence-corrected chi connectivity index (χ2v) is 11.4. The van der Waals surface area contributed by atoms with Gasteiger partial charge in [0.2, 0.25) is 5.95 Å². The maximum absolute atomic E-state index is 12.5. The third-order valence-corrected chi connectivity index (χ3v) is 7.16. The van der Waals surface area contributed by atoms with E-state index in [1.807, 2.05) is 50.1 Å². The average molecular weight is 511 g/mol. The number of nitrogens with one attached hydrogen (secondary N) is 2. The van der Waals surface area contributed by atoms with Crippen LogP contribution in [0.5, 0.6) is 0 Å². The van der Waals surface area contributed by atoms with Gasteiger partial charge in [0.25, 0.3) is 0 Å². The van der Waals surface area contributed by atoms with Gasteiger partial charge in [-0.3, -0.25) is 0 Å². The summed E-state index contributed by atoms with van der Waals surface area (Å²) in [6.07, 6.45) is 6.62. The van der Waals surface area contributed by atoms with Crippen molar-refractivity contribution in [1.82, 2.24) is 24.8 Å². The summed E-state index contributed by atoms with van der Waals surface area (Å²) in [5.74, 6) is 1.06. The minimum absolute atomic E-state index is 0.195. The number of rotatable bonds is 5. The summed E-state index contributed by atoms with van der Waals surface area (Å²) in [6.45, 7) is 10.2. The topological polar surface area (TPSA) is 86.4 Å². The molecule has 0 spiro atoms. The Hall–Kier alpha value is -2.84. The van der Waals surface area contributed by atoms with Crippen LogP contribution in [0.2, 0.25) is 5.02 Å². The highest BCUT2D eigenvalue weighted by Gasteiger charge is 2.31. The predicted octanol–water partition coefficient (Wildman–Crippen LogP) is 5.41. The summed E-state index contributed by atoms with van der Waals surface area (Å²) in [6, 6.07) is 8.40. The van der Waals surface area contributed by atoms with Crippen molar-refractivity contribution < 1.29 is 9.53 Å². The molecule has 1 unspecified atom stereocenters. The van der Waals surface area contributed by atoms with E-state index in [1.165, 1.54) is 0 Å². The van der Waals surface area contributed by atoms with E-state index in [4.69, 9.17) is 21.3 Å². The van der Waals surface area contributed by atoms with Crippen molar-refractivity contribution in [3.63, 3.8) is 0 Å². The number of likely N-dealkylation sites (tertiary alicyclic amines) is 2. The lowest BCUT2D eigenvalue weighted by molar-refractivity contribution is 0.0149. The maximum atomic E-state index is 12.5. The van der Waals surface area contributed by atoms with Crippen molar-refractivity contribution in [3.05, 3.63) is 41.7 Å². The normalized spacial score (nSPS) is 21.2. The lowest BCUT2D eigenvalue weighted by Crippen LogP contribution is -2.45. The standard InChI is InChI=1S/C27H35ClN6O2/c1-27(2,3)36-26(35)34-11-6-7-18(16-34)15-33-12-10-19(17-33)31-25-30-14-22(28)24(32-25)21-13-29-23-9-5-4-8-20(21)23/h4-5,8-9,13-14,18-19,29H,6-7,10-12,15-17H2,1-3H3,(H,30,31,32)/t18?,19-/m1/s1. The molecule has 0 aliphatic carbocycles. The highest BCUT2D eigenvalue weighted by atomic mass is 35.5. The van der Waals surface area contributed by atoms with Crippen LogP contribution in [0.1, 0.15) is 40.0 Å². The molecule has 9 heteroatoms. The molecule has 0 bridgehead atoms. The molecule has 0 saturated carbocycles. The van der Waals surface area contributed by atoms with Gasteiger partial charge in [-0.25, -0.2) is 14.8 Å². The fourth-order valence-corrected chi connectivity index (χ4v) is 5.46. The number of aromatic amines is 1. The maximum Gasteiger partial charge on any atom is 0.410 e. The smallest absolute Gasteiger partial charge is 0.410 e. The number of amides is 1. The molecule has 3 aromatic rings. The van der Waals surface area contributed by atoms with Crippen LogP contribution < -0.4 is 5.32 Å². The summed E-state index contributed by atoms with van der Waals surface area (Å²) in [5.41, 5.74) is 2.29. The molecule has 0 radical (unpaired) electrons. The van der Waals surface area contributed by atoms with Crippen molar-refractivity contribution >= 4 is 34.5 Å². The number of hydrogen-bond donors (Lipinski definition) is 2. The predicted molar refractivity (Wildman–Crippen MR) is 143 cm³/mol. The summed E-state index contributed by atoms with van der Waals surface area (Å²) in [7, 11) is 0. The first-order chi connectivity index (χ1) is 17.2. The third kappa shape index (κ3) is 5.76. The fourth-order valence-electron chi connectivity index (χ4n) is 5.26.